The van der Waals surface area contributed by atoms with Gasteiger partial charge in [-0.05, 0) is 69.5 Å². The van der Waals surface area contributed by atoms with Gasteiger partial charge in [-0.15, -0.1) is 11.3 Å². The van der Waals surface area contributed by atoms with E-state index in [4.69, 9.17) is 24.4 Å². The van der Waals surface area contributed by atoms with Gasteiger partial charge in [0.25, 0.3) is 0 Å². The molecule has 5 heterocycles. The number of pyridine rings is 1. The van der Waals surface area contributed by atoms with Crippen LogP contribution in [0.2, 0.25) is 0 Å². The van der Waals surface area contributed by atoms with E-state index in [1.165, 1.54) is 18.5 Å². The van der Waals surface area contributed by atoms with Gasteiger partial charge in [0.1, 0.15) is 17.4 Å². The molecule has 3 aliphatic rings. The van der Waals surface area contributed by atoms with E-state index in [1.54, 1.807) is 23.5 Å². The zero-order valence-corrected chi connectivity index (χ0v) is 23.2. The minimum atomic E-state index is -0.924. The number of likely N-dealkylation sites (tertiary alicyclic amines) is 1. The van der Waals surface area contributed by atoms with Crippen molar-refractivity contribution >= 4 is 28.3 Å². The molecule has 3 fully saturated rings. The molecule has 9 nitrogen and oxygen atoms in total. The first-order chi connectivity index (χ1) is 19.6. The molecule has 40 heavy (non-hydrogen) atoms. The lowest BCUT2D eigenvalue weighted by Crippen LogP contribution is -2.35. The van der Waals surface area contributed by atoms with Crippen molar-refractivity contribution in [3.05, 3.63) is 69.6 Å². The maximum absolute atomic E-state index is 11.6. The highest BCUT2D eigenvalue weighted by Crippen LogP contribution is 2.40. The zero-order chi connectivity index (χ0) is 27.1. The van der Waals surface area contributed by atoms with Gasteiger partial charge in [-0.3, -0.25) is 4.90 Å². The fourth-order valence-electron chi connectivity index (χ4n) is 5.68. The fourth-order valence-corrected chi connectivity index (χ4v) is 6.47. The number of piperidine rings is 1. The quantitative estimate of drug-likeness (QED) is 0.283. The van der Waals surface area contributed by atoms with Crippen LogP contribution < -0.4 is 4.74 Å². The molecule has 2 saturated heterocycles. The molecule has 1 aliphatic carbocycles. The lowest BCUT2D eigenvalue weighted by molar-refractivity contribution is -0.0592. The Morgan fingerprint density at radius 1 is 1.02 bits per heavy atom. The van der Waals surface area contributed by atoms with Gasteiger partial charge in [-0.25, -0.2) is 19.7 Å². The van der Waals surface area contributed by atoms with Crippen molar-refractivity contribution in [1.29, 1.82) is 0 Å². The summed E-state index contributed by atoms with van der Waals surface area (Å²) in [5, 5.41) is 12.7. The third kappa shape index (κ3) is 5.48. The number of fused-ring (bicyclic) bond motifs is 1. The first-order valence-corrected chi connectivity index (χ1v) is 15.1. The van der Waals surface area contributed by atoms with Gasteiger partial charge in [0.2, 0.25) is 5.88 Å². The molecule has 1 atom stereocenters. The summed E-state index contributed by atoms with van der Waals surface area (Å²) in [6.45, 7) is 4.57. The van der Waals surface area contributed by atoms with Crippen LogP contribution in [0.25, 0.3) is 11.0 Å². The lowest BCUT2D eigenvalue weighted by Gasteiger charge is -2.32. The van der Waals surface area contributed by atoms with Crippen LogP contribution in [0.3, 0.4) is 0 Å². The molecule has 7 rings (SSSR count). The van der Waals surface area contributed by atoms with Crippen LogP contribution in [-0.2, 0) is 24.4 Å². The molecular formula is C30H33N5O4S. The number of ether oxygens (including phenoxy) is 2. The van der Waals surface area contributed by atoms with Gasteiger partial charge in [0.15, 0.2) is 0 Å². The Kier molecular flexibility index (Phi) is 6.99. The summed E-state index contributed by atoms with van der Waals surface area (Å²) in [5.74, 6) is 1.76. The van der Waals surface area contributed by atoms with Crippen LogP contribution in [0.5, 0.6) is 5.88 Å². The number of carbonyl (C=O) groups is 1. The Labute approximate surface area is 236 Å². The predicted molar refractivity (Wildman–Crippen MR) is 151 cm³/mol. The SMILES string of the molecule is O=C(O)c1ccc2nc(CN3CCC(c4cccc(OCc5nc(C6CC6)cs5)n4)CC3)n(C[C@@H]3CCO3)c2c1. The summed E-state index contributed by atoms with van der Waals surface area (Å²) < 4.78 is 13.9. The van der Waals surface area contributed by atoms with E-state index in [1.807, 2.05) is 18.2 Å². The number of benzene rings is 1. The topological polar surface area (TPSA) is 103 Å². The number of carboxylic acid groups (broad SMARTS) is 1. The van der Waals surface area contributed by atoms with Crippen molar-refractivity contribution in [2.45, 2.75) is 69.7 Å². The molecule has 208 valence electrons. The molecular weight excluding hydrogens is 526 g/mol. The molecule has 0 spiro atoms. The highest BCUT2D eigenvalue weighted by atomic mass is 32.1. The van der Waals surface area contributed by atoms with Crippen molar-refractivity contribution in [1.82, 2.24) is 24.4 Å². The second kappa shape index (κ2) is 10.9. The van der Waals surface area contributed by atoms with E-state index in [-0.39, 0.29) is 11.7 Å². The zero-order valence-electron chi connectivity index (χ0n) is 22.4. The summed E-state index contributed by atoms with van der Waals surface area (Å²) in [5.41, 5.74) is 4.28. The Bertz CT molecular complexity index is 1520. The molecule has 1 N–H and O–H groups in total. The molecule has 4 aromatic rings. The summed E-state index contributed by atoms with van der Waals surface area (Å²) in [6.07, 6.45) is 5.73. The van der Waals surface area contributed by atoms with Crippen molar-refractivity contribution in [2.24, 2.45) is 0 Å². The molecule has 10 heteroatoms. The molecule has 0 radical (unpaired) electrons. The summed E-state index contributed by atoms with van der Waals surface area (Å²) in [7, 11) is 0. The van der Waals surface area contributed by atoms with E-state index in [0.29, 0.717) is 30.9 Å². The molecule has 2 aliphatic heterocycles. The summed E-state index contributed by atoms with van der Waals surface area (Å²) >= 11 is 1.67. The second-order valence-electron chi connectivity index (χ2n) is 11.1. The van der Waals surface area contributed by atoms with Crippen LogP contribution in [0.4, 0.5) is 0 Å². The second-order valence-corrected chi connectivity index (χ2v) is 12.1. The minimum Gasteiger partial charge on any atom is -0.478 e. The Morgan fingerprint density at radius 2 is 1.85 bits per heavy atom. The van der Waals surface area contributed by atoms with Crippen LogP contribution in [0.15, 0.2) is 41.8 Å². The van der Waals surface area contributed by atoms with E-state index in [9.17, 15) is 9.90 Å². The molecule has 1 saturated carbocycles. The monoisotopic (exact) mass is 559 g/mol. The van der Waals surface area contributed by atoms with Crippen LogP contribution in [-0.4, -0.2) is 61.3 Å². The summed E-state index contributed by atoms with van der Waals surface area (Å²) in [6, 6.07) is 11.3. The maximum Gasteiger partial charge on any atom is 0.335 e. The highest BCUT2D eigenvalue weighted by Gasteiger charge is 2.27. The van der Waals surface area contributed by atoms with E-state index >= 15 is 0 Å². The third-order valence-corrected chi connectivity index (χ3v) is 9.12. The van der Waals surface area contributed by atoms with E-state index < -0.39 is 5.97 Å². The van der Waals surface area contributed by atoms with Gasteiger partial charge in [-0.1, -0.05) is 6.07 Å². The molecule has 0 bridgehead atoms. The predicted octanol–water partition coefficient (Wildman–Crippen LogP) is 5.21. The first kappa shape index (κ1) is 25.6. The Morgan fingerprint density at radius 3 is 2.60 bits per heavy atom. The largest absolute Gasteiger partial charge is 0.478 e. The minimum absolute atomic E-state index is 0.159. The number of carboxylic acids is 1. The summed E-state index contributed by atoms with van der Waals surface area (Å²) in [4.78, 5) is 28.5. The van der Waals surface area contributed by atoms with Gasteiger partial charge >= 0.3 is 5.97 Å². The number of hydrogen-bond acceptors (Lipinski definition) is 8. The average molecular weight is 560 g/mol. The first-order valence-electron chi connectivity index (χ1n) is 14.2. The standard InChI is InChI=1S/C30H33N5O4S/c36-30(37)21-6-7-24-26(14-21)35(15-22-10-13-38-22)27(31-24)16-34-11-8-20(9-12-34)23-2-1-3-28(32-23)39-17-29-33-25(18-40-29)19-4-5-19/h1-3,6-7,14,18-20,22H,4-5,8-13,15-17H2,(H,36,37)/t22-/m0/s1. The van der Waals surface area contributed by atoms with Gasteiger partial charge in [0, 0.05) is 35.6 Å². The van der Waals surface area contributed by atoms with Crippen LogP contribution >= 0.6 is 11.3 Å². The number of thiazole rings is 1. The van der Waals surface area contributed by atoms with Gasteiger partial charge < -0.3 is 19.1 Å². The average Bonchev–Trinajstić information content (AvgIpc) is 3.59. The third-order valence-electron chi connectivity index (χ3n) is 8.28. The van der Waals surface area contributed by atoms with Crippen molar-refractivity contribution < 1.29 is 19.4 Å². The Hall–Kier alpha value is -3.34. The van der Waals surface area contributed by atoms with Gasteiger partial charge in [-0.2, -0.15) is 0 Å². The molecule has 0 amide bonds. The number of nitrogens with zero attached hydrogens (tertiary/aromatic N) is 5. The number of aromatic nitrogens is 4. The van der Waals surface area contributed by atoms with Gasteiger partial charge in [0.05, 0.1) is 41.5 Å². The number of aromatic carboxylic acids is 1. The van der Waals surface area contributed by atoms with Crippen LogP contribution in [0, 0.1) is 0 Å². The number of imidazole rings is 1. The maximum atomic E-state index is 11.6. The highest BCUT2D eigenvalue weighted by molar-refractivity contribution is 7.09. The smallest absolute Gasteiger partial charge is 0.335 e. The van der Waals surface area contributed by atoms with Crippen molar-refractivity contribution in [3.8, 4) is 5.88 Å². The lowest BCUT2D eigenvalue weighted by atomic mass is 9.93. The normalized spacial score (nSPS) is 20.1. The van der Waals surface area contributed by atoms with Crippen LogP contribution in [0.1, 0.15) is 76.5 Å². The fraction of sp³-hybridized carbons (Fsp3) is 0.467. The molecule has 0 unspecified atom stereocenters. The van der Waals surface area contributed by atoms with E-state index in [0.717, 1.165) is 73.1 Å². The number of rotatable bonds is 10. The van der Waals surface area contributed by atoms with Crippen molar-refractivity contribution in [3.63, 3.8) is 0 Å². The molecule has 1 aromatic carbocycles. The number of hydrogen-bond donors (Lipinski definition) is 1. The van der Waals surface area contributed by atoms with E-state index in [2.05, 4.69) is 20.9 Å². The molecule has 3 aromatic heterocycles. The van der Waals surface area contributed by atoms with Crippen molar-refractivity contribution in [2.75, 3.05) is 19.7 Å². The Balaban J connectivity index is 0.993.